The minimum Gasteiger partial charge on any atom is -0.458 e. The van der Waals surface area contributed by atoms with Crippen molar-refractivity contribution in [3.8, 4) is 0 Å². The zero-order valence-electron chi connectivity index (χ0n) is 9.68. The van der Waals surface area contributed by atoms with E-state index in [1.54, 1.807) is 7.11 Å². The molecule has 0 spiro atoms. The van der Waals surface area contributed by atoms with Gasteiger partial charge in [0, 0.05) is 20.5 Å². The molecule has 0 N–H and O–H groups in total. The van der Waals surface area contributed by atoms with Crippen LogP contribution in [0.4, 0.5) is 0 Å². The fourth-order valence-electron chi connectivity index (χ4n) is 1.39. The molecule has 92 valence electrons. The Labute approximate surface area is 95.3 Å². The monoisotopic (exact) mass is 230 g/mol. The third-order valence-electron chi connectivity index (χ3n) is 2.12. The number of methoxy groups -OCH3 is 1. The molecule has 0 amide bonds. The van der Waals surface area contributed by atoms with Crippen LogP contribution < -0.4 is 0 Å². The van der Waals surface area contributed by atoms with E-state index in [1.807, 2.05) is 12.2 Å². The number of hydrogen-bond donors (Lipinski definition) is 0. The first-order chi connectivity index (χ1) is 7.72. The zero-order chi connectivity index (χ0) is 11.8. The maximum Gasteiger partial charge on any atom is 0.303 e. The SMILES string of the molecule is COCCOCOC1C=C[C@@H](OC(C)=O)C1. The summed E-state index contributed by atoms with van der Waals surface area (Å²) >= 11 is 0. The first-order valence-corrected chi connectivity index (χ1v) is 5.26. The van der Waals surface area contributed by atoms with Crippen molar-refractivity contribution in [2.45, 2.75) is 25.6 Å². The van der Waals surface area contributed by atoms with Crippen LogP contribution in [0.15, 0.2) is 12.2 Å². The lowest BCUT2D eigenvalue weighted by Gasteiger charge is -2.13. The number of hydrogen-bond acceptors (Lipinski definition) is 5. The van der Waals surface area contributed by atoms with Gasteiger partial charge in [-0.2, -0.15) is 0 Å². The van der Waals surface area contributed by atoms with E-state index in [1.165, 1.54) is 6.92 Å². The van der Waals surface area contributed by atoms with Gasteiger partial charge in [0.05, 0.1) is 19.3 Å². The smallest absolute Gasteiger partial charge is 0.303 e. The summed E-state index contributed by atoms with van der Waals surface area (Å²) < 4.78 is 20.4. The summed E-state index contributed by atoms with van der Waals surface area (Å²) in [5.41, 5.74) is 0. The fraction of sp³-hybridized carbons (Fsp3) is 0.727. The van der Waals surface area contributed by atoms with E-state index in [4.69, 9.17) is 18.9 Å². The summed E-state index contributed by atoms with van der Waals surface area (Å²) in [7, 11) is 1.62. The molecule has 0 aromatic heterocycles. The normalized spacial score (nSPS) is 23.6. The highest BCUT2D eigenvalue weighted by Gasteiger charge is 2.21. The van der Waals surface area contributed by atoms with Crippen molar-refractivity contribution >= 4 is 5.97 Å². The van der Waals surface area contributed by atoms with Crippen LogP contribution in [-0.2, 0) is 23.7 Å². The van der Waals surface area contributed by atoms with Crippen LogP contribution >= 0.6 is 0 Å². The molecular weight excluding hydrogens is 212 g/mol. The second-order valence-corrected chi connectivity index (χ2v) is 3.49. The summed E-state index contributed by atoms with van der Waals surface area (Å²) in [6.07, 6.45) is 4.18. The number of rotatable bonds is 7. The molecule has 0 heterocycles. The van der Waals surface area contributed by atoms with Crippen molar-refractivity contribution < 1.29 is 23.7 Å². The average molecular weight is 230 g/mol. The minimum absolute atomic E-state index is 0.0353. The molecule has 1 rings (SSSR count). The van der Waals surface area contributed by atoms with Gasteiger partial charge in [-0.25, -0.2) is 0 Å². The molecular formula is C11H18O5. The number of carbonyl (C=O) groups is 1. The molecule has 0 aliphatic heterocycles. The van der Waals surface area contributed by atoms with Crippen molar-refractivity contribution in [3.05, 3.63) is 12.2 Å². The summed E-state index contributed by atoms with van der Waals surface area (Å²) in [6, 6.07) is 0. The van der Waals surface area contributed by atoms with E-state index in [0.717, 1.165) is 0 Å². The van der Waals surface area contributed by atoms with E-state index in [9.17, 15) is 4.79 Å². The molecule has 0 radical (unpaired) electrons. The number of ether oxygens (including phenoxy) is 4. The lowest BCUT2D eigenvalue weighted by atomic mass is 10.3. The zero-order valence-corrected chi connectivity index (χ0v) is 9.68. The summed E-state index contributed by atoms with van der Waals surface area (Å²) in [5.74, 6) is -0.272. The van der Waals surface area contributed by atoms with Crippen LogP contribution in [0, 0.1) is 0 Å². The van der Waals surface area contributed by atoms with E-state index in [0.29, 0.717) is 19.6 Å². The minimum atomic E-state index is -0.272. The molecule has 5 heteroatoms. The highest BCUT2D eigenvalue weighted by atomic mass is 16.7. The number of carbonyl (C=O) groups excluding carboxylic acids is 1. The maximum atomic E-state index is 10.7. The van der Waals surface area contributed by atoms with Crippen LogP contribution in [0.5, 0.6) is 0 Å². The highest BCUT2D eigenvalue weighted by molar-refractivity contribution is 5.66. The fourth-order valence-corrected chi connectivity index (χ4v) is 1.39. The Balaban J connectivity index is 2.04. The van der Waals surface area contributed by atoms with Crippen LogP contribution in [0.3, 0.4) is 0 Å². The topological polar surface area (TPSA) is 54.0 Å². The second-order valence-electron chi connectivity index (χ2n) is 3.49. The van der Waals surface area contributed by atoms with E-state index in [-0.39, 0.29) is 25.0 Å². The quantitative estimate of drug-likeness (QED) is 0.281. The van der Waals surface area contributed by atoms with Gasteiger partial charge in [0.25, 0.3) is 0 Å². The van der Waals surface area contributed by atoms with Gasteiger partial charge in [0.15, 0.2) is 0 Å². The predicted octanol–water partition coefficient (Wildman–Crippen LogP) is 0.884. The van der Waals surface area contributed by atoms with E-state index in [2.05, 4.69) is 0 Å². The summed E-state index contributed by atoms with van der Waals surface area (Å²) in [6.45, 7) is 2.70. The Morgan fingerprint density at radius 2 is 2.06 bits per heavy atom. The predicted molar refractivity (Wildman–Crippen MR) is 56.9 cm³/mol. The van der Waals surface area contributed by atoms with Crippen LogP contribution in [0.1, 0.15) is 13.3 Å². The molecule has 0 saturated carbocycles. The molecule has 0 fully saturated rings. The van der Waals surface area contributed by atoms with Crippen molar-refractivity contribution in [1.82, 2.24) is 0 Å². The Morgan fingerprint density at radius 1 is 1.31 bits per heavy atom. The van der Waals surface area contributed by atoms with Gasteiger partial charge in [0.1, 0.15) is 12.9 Å². The molecule has 1 aliphatic rings. The van der Waals surface area contributed by atoms with Gasteiger partial charge in [-0.05, 0) is 6.08 Å². The first-order valence-electron chi connectivity index (χ1n) is 5.26. The van der Waals surface area contributed by atoms with Gasteiger partial charge in [-0.3, -0.25) is 4.79 Å². The van der Waals surface area contributed by atoms with Crippen molar-refractivity contribution in [1.29, 1.82) is 0 Å². The Morgan fingerprint density at radius 3 is 2.75 bits per heavy atom. The van der Waals surface area contributed by atoms with Gasteiger partial charge in [-0.15, -0.1) is 0 Å². The first kappa shape index (κ1) is 13.2. The second kappa shape index (κ2) is 7.38. The van der Waals surface area contributed by atoms with Gasteiger partial charge >= 0.3 is 5.97 Å². The van der Waals surface area contributed by atoms with Crippen LogP contribution in [-0.4, -0.2) is 45.3 Å². The highest BCUT2D eigenvalue weighted by Crippen LogP contribution is 2.17. The molecule has 0 aromatic carbocycles. The van der Waals surface area contributed by atoms with Crippen molar-refractivity contribution in [2.75, 3.05) is 27.1 Å². The molecule has 1 unspecified atom stereocenters. The van der Waals surface area contributed by atoms with Gasteiger partial charge in [-0.1, -0.05) is 6.08 Å². The van der Waals surface area contributed by atoms with Crippen LogP contribution in [0.2, 0.25) is 0 Å². The molecule has 0 bridgehead atoms. The average Bonchev–Trinajstić information content (AvgIpc) is 2.64. The Kier molecular flexibility index (Phi) is 6.07. The Hall–Kier alpha value is -0.910. The molecule has 1 aliphatic carbocycles. The van der Waals surface area contributed by atoms with Crippen molar-refractivity contribution in [3.63, 3.8) is 0 Å². The third kappa shape index (κ3) is 5.25. The molecule has 16 heavy (non-hydrogen) atoms. The third-order valence-corrected chi connectivity index (χ3v) is 2.12. The van der Waals surface area contributed by atoms with Gasteiger partial charge in [0.2, 0.25) is 0 Å². The molecule has 0 aromatic rings. The van der Waals surface area contributed by atoms with Crippen LogP contribution in [0.25, 0.3) is 0 Å². The maximum absolute atomic E-state index is 10.7. The molecule has 2 atom stereocenters. The Bertz CT molecular complexity index is 239. The number of esters is 1. The lowest BCUT2D eigenvalue weighted by Crippen LogP contribution is -2.18. The molecule has 0 saturated heterocycles. The van der Waals surface area contributed by atoms with Crippen molar-refractivity contribution in [2.24, 2.45) is 0 Å². The van der Waals surface area contributed by atoms with E-state index >= 15 is 0 Å². The standard InChI is InChI=1S/C11H18O5/c1-9(12)16-11-4-3-10(7-11)15-8-14-6-5-13-2/h3-4,10-11H,5-8H2,1-2H3/t10?,11-/m1/s1. The largest absolute Gasteiger partial charge is 0.458 e. The van der Waals surface area contributed by atoms with Gasteiger partial charge < -0.3 is 18.9 Å². The summed E-state index contributed by atoms with van der Waals surface area (Å²) in [5, 5.41) is 0. The summed E-state index contributed by atoms with van der Waals surface area (Å²) in [4.78, 5) is 10.7. The lowest BCUT2D eigenvalue weighted by molar-refractivity contribution is -0.145. The van der Waals surface area contributed by atoms with E-state index < -0.39 is 0 Å². The molecule has 5 nitrogen and oxygen atoms in total.